The summed E-state index contributed by atoms with van der Waals surface area (Å²) in [6, 6.07) is 21.6. The molecule has 0 saturated heterocycles. The van der Waals surface area contributed by atoms with Gasteiger partial charge in [-0.2, -0.15) is 0 Å². The molecule has 0 saturated carbocycles. The summed E-state index contributed by atoms with van der Waals surface area (Å²) in [4.78, 5) is 25.1. The Kier molecular flexibility index (Phi) is 7.78. The maximum Gasteiger partial charge on any atom is 0.343 e. The van der Waals surface area contributed by atoms with Crippen molar-refractivity contribution in [2.24, 2.45) is 5.73 Å². The summed E-state index contributed by atoms with van der Waals surface area (Å²) in [6.45, 7) is 0. The highest BCUT2D eigenvalue weighted by Crippen LogP contribution is 2.22. The number of ether oxygens (including phenoxy) is 1. The molecule has 9 heteroatoms. The standard InChI is InChI=1S/C21H16N2O3.CH4O3S/c22-20(23)15-10-12-16(13-11-15)21(25)26-18-9-5-4-8-17(18)19(24)14-6-2-1-3-7-14;1-5(2,3)4/h1-13H,(H3,22,23);1H3,(H,2,3,4)/p-1. The molecule has 3 aromatic carbocycles. The molecule has 3 rings (SSSR count). The number of nitrogens with one attached hydrogen (secondary N) is 1. The summed E-state index contributed by atoms with van der Waals surface area (Å²) >= 11 is 0. The number of amidine groups is 1. The van der Waals surface area contributed by atoms with Crippen molar-refractivity contribution in [3.05, 3.63) is 101 Å². The van der Waals surface area contributed by atoms with Crippen LogP contribution in [0.4, 0.5) is 0 Å². The third-order valence-corrected chi connectivity index (χ3v) is 3.80. The van der Waals surface area contributed by atoms with E-state index in [4.69, 9.17) is 28.9 Å². The lowest BCUT2D eigenvalue weighted by molar-refractivity contribution is 0.0733. The van der Waals surface area contributed by atoms with Crippen LogP contribution in [-0.2, 0) is 10.1 Å². The molecule has 0 aromatic heterocycles. The van der Waals surface area contributed by atoms with Crippen LogP contribution in [0, 0.1) is 5.41 Å². The molecule has 0 bridgehead atoms. The topological polar surface area (TPSA) is 150 Å². The number of carbonyl (C=O) groups excluding carboxylic acids is 2. The van der Waals surface area contributed by atoms with E-state index in [1.54, 1.807) is 60.7 Å². The van der Waals surface area contributed by atoms with E-state index in [-0.39, 0.29) is 17.4 Å². The van der Waals surface area contributed by atoms with Crippen molar-refractivity contribution >= 4 is 27.7 Å². The fourth-order valence-electron chi connectivity index (χ4n) is 2.43. The number of hydrogen-bond acceptors (Lipinski definition) is 7. The molecule has 3 N–H and O–H groups in total. The van der Waals surface area contributed by atoms with Crippen molar-refractivity contribution < 1.29 is 27.3 Å². The fourth-order valence-corrected chi connectivity index (χ4v) is 2.43. The number of esters is 1. The molecule has 0 fully saturated rings. The smallest absolute Gasteiger partial charge is 0.343 e. The lowest BCUT2D eigenvalue weighted by Gasteiger charge is -2.10. The zero-order chi connectivity index (χ0) is 23.0. The zero-order valence-electron chi connectivity index (χ0n) is 16.4. The molecule has 0 unspecified atom stereocenters. The highest BCUT2D eigenvalue weighted by Gasteiger charge is 2.17. The van der Waals surface area contributed by atoms with Gasteiger partial charge < -0.3 is 15.0 Å². The molecule has 0 spiro atoms. The van der Waals surface area contributed by atoms with E-state index >= 15 is 0 Å². The van der Waals surface area contributed by atoms with Gasteiger partial charge in [0.2, 0.25) is 0 Å². The van der Waals surface area contributed by atoms with E-state index in [2.05, 4.69) is 0 Å². The van der Waals surface area contributed by atoms with E-state index in [1.807, 2.05) is 6.07 Å². The quantitative estimate of drug-likeness (QED) is 0.155. The van der Waals surface area contributed by atoms with Crippen LogP contribution in [0.15, 0.2) is 78.9 Å². The summed E-state index contributed by atoms with van der Waals surface area (Å²) in [5.41, 5.74) is 7.05. The Hall–Kier alpha value is -3.82. The van der Waals surface area contributed by atoms with Crippen LogP contribution >= 0.6 is 0 Å². The largest absolute Gasteiger partial charge is 0.748 e. The van der Waals surface area contributed by atoms with E-state index in [9.17, 15) is 9.59 Å². The average Bonchev–Trinajstić information content (AvgIpc) is 2.73. The molecular formula is C22H19N2O6S-. The molecule has 0 aliphatic rings. The Labute approximate surface area is 179 Å². The second kappa shape index (κ2) is 10.3. The number of ketones is 1. The van der Waals surface area contributed by atoms with Gasteiger partial charge in [-0.3, -0.25) is 10.2 Å². The highest BCUT2D eigenvalue weighted by molar-refractivity contribution is 7.84. The van der Waals surface area contributed by atoms with Gasteiger partial charge in [0.25, 0.3) is 0 Å². The number of benzene rings is 3. The summed E-state index contributed by atoms with van der Waals surface area (Å²) < 4.78 is 32.7. The van der Waals surface area contributed by atoms with Crippen molar-refractivity contribution in [3.8, 4) is 5.75 Å². The second-order valence-electron chi connectivity index (χ2n) is 6.28. The third kappa shape index (κ3) is 7.50. The minimum absolute atomic E-state index is 0.0799. The number of hydrogen-bond donors (Lipinski definition) is 2. The molecule has 31 heavy (non-hydrogen) atoms. The Morgan fingerprint density at radius 1 is 0.839 bits per heavy atom. The van der Waals surface area contributed by atoms with Gasteiger partial charge in [0.1, 0.15) is 11.6 Å². The van der Waals surface area contributed by atoms with Gasteiger partial charge >= 0.3 is 5.97 Å². The molecule has 0 aliphatic carbocycles. The number of rotatable bonds is 5. The first kappa shape index (κ1) is 23.5. The molecule has 0 heterocycles. The predicted octanol–water partition coefficient (Wildman–Crippen LogP) is 2.58. The Morgan fingerprint density at radius 2 is 1.32 bits per heavy atom. The van der Waals surface area contributed by atoms with Crippen molar-refractivity contribution in [2.75, 3.05) is 6.26 Å². The normalized spacial score (nSPS) is 10.4. The Morgan fingerprint density at radius 3 is 1.87 bits per heavy atom. The lowest BCUT2D eigenvalue weighted by atomic mass is 10.0. The zero-order valence-corrected chi connectivity index (χ0v) is 17.3. The molecular weight excluding hydrogens is 420 g/mol. The monoisotopic (exact) mass is 439 g/mol. The fraction of sp³-hybridized carbons (Fsp3) is 0.0455. The van der Waals surface area contributed by atoms with Crippen molar-refractivity contribution in [1.82, 2.24) is 0 Å². The minimum Gasteiger partial charge on any atom is -0.748 e. The Balaban J connectivity index is 0.000000614. The van der Waals surface area contributed by atoms with Gasteiger partial charge in [-0.25, -0.2) is 13.2 Å². The average molecular weight is 439 g/mol. The number of para-hydroxylation sites is 1. The third-order valence-electron chi connectivity index (χ3n) is 3.80. The number of nitrogens with two attached hydrogens (primary N) is 1. The second-order valence-corrected chi connectivity index (χ2v) is 7.68. The van der Waals surface area contributed by atoms with Gasteiger partial charge in [0, 0.05) is 17.4 Å². The lowest BCUT2D eigenvalue weighted by Crippen LogP contribution is -2.14. The van der Waals surface area contributed by atoms with Gasteiger partial charge in [-0.1, -0.05) is 54.6 Å². The SMILES string of the molecule is CS(=O)(=O)[O-].N=C(N)c1ccc(C(=O)Oc2ccccc2C(=O)c2ccccc2)cc1. The van der Waals surface area contributed by atoms with E-state index in [0.717, 1.165) is 0 Å². The van der Waals surface area contributed by atoms with Crippen molar-refractivity contribution in [1.29, 1.82) is 5.41 Å². The number of nitrogen functional groups attached to an aromatic ring is 1. The van der Waals surface area contributed by atoms with E-state index < -0.39 is 16.1 Å². The van der Waals surface area contributed by atoms with Crippen LogP contribution < -0.4 is 10.5 Å². The van der Waals surface area contributed by atoms with E-state index in [1.165, 1.54) is 12.1 Å². The highest BCUT2D eigenvalue weighted by atomic mass is 32.2. The van der Waals surface area contributed by atoms with Crippen LogP contribution in [-0.4, -0.2) is 36.8 Å². The summed E-state index contributed by atoms with van der Waals surface area (Å²) in [5, 5.41) is 7.37. The minimum atomic E-state index is -3.92. The molecule has 160 valence electrons. The Bertz CT molecular complexity index is 1180. The van der Waals surface area contributed by atoms with Crippen molar-refractivity contribution in [2.45, 2.75) is 0 Å². The van der Waals surface area contributed by atoms with Crippen LogP contribution in [0.2, 0.25) is 0 Å². The van der Waals surface area contributed by atoms with Crippen LogP contribution in [0.25, 0.3) is 0 Å². The first-order valence-corrected chi connectivity index (χ1v) is 10.6. The molecule has 0 radical (unpaired) electrons. The van der Waals surface area contributed by atoms with Gasteiger partial charge in [-0.15, -0.1) is 0 Å². The first-order valence-electron chi connectivity index (χ1n) is 8.82. The molecule has 8 nitrogen and oxygen atoms in total. The molecule has 0 aliphatic heterocycles. The van der Waals surface area contributed by atoms with Gasteiger partial charge in [0.15, 0.2) is 5.78 Å². The van der Waals surface area contributed by atoms with Crippen molar-refractivity contribution in [3.63, 3.8) is 0 Å². The first-order chi connectivity index (χ1) is 14.6. The van der Waals surface area contributed by atoms with Crippen LogP contribution in [0.3, 0.4) is 0 Å². The number of carbonyl (C=O) groups is 2. The summed E-state index contributed by atoms with van der Waals surface area (Å²) in [5.74, 6) is -0.694. The maximum atomic E-state index is 12.7. The van der Waals surface area contributed by atoms with Crippen LogP contribution in [0.1, 0.15) is 31.8 Å². The maximum absolute atomic E-state index is 12.7. The van der Waals surface area contributed by atoms with E-state index in [0.29, 0.717) is 28.5 Å². The van der Waals surface area contributed by atoms with Gasteiger partial charge in [0.05, 0.1) is 21.2 Å². The molecule has 0 atom stereocenters. The molecule has 0 amide bonds. The summed E-state index contributed by atoms with van der Waals surface area (Å²) in [7, 11) is -3.92. The van der Waals surface area contributed by atoms with Gasteiger partial charge in [-0.05, 0) is 24.3 Å². The summed E-state index contributed by atoms with van der Waals surface area (Å²) in [6.07, 6.45) is 0.604. The molecule has 3 aromatic rings. The predicted molar refractivity (Wildman–Crippen MR) is 114 cm³/mol. The van der Waals surface area contributed by atoms with Crippen LogP contribution in [0.5, 0.6) is 5.75 Å².